The lowest BCUT2D eigenvalue weighted by Gasteiger charge is -2.09. The first-order valence-electron chi connectivity index (χ1n) is 4.47. The first-order valence-corrected chi connectivity index (χ1v) is 4.47. The smallest absolute Gasteiger partial charge is 0.337 e. The van der Waals surface area contributed by atoms with Gasteiger partial charge in [-0.15, -0.1) is 0 Å². The molecule has 0 amide bonds. The molecule has 14 heavy (non-hydrogen) atoms. The highest BCUT2D eigenvalue weighted by molar-refractivity contribution is 5.89. The summed E-state index contributed by atoms with van der Waals surface area (Å²) in [6, 6.07) is 4.72. The van der Waals surface area contributed by atoms with Crippen molar-refractivity contribution in [2.24, 2.45) is 0 Å². The summed E-state index contributed by atoms with van der Waals surface area (Å²) in [7, 11) is 1.34. The van der Waals surface area contributed by atoms with E-state index in [2.05, 4.69) is 4.74 Å². The molecule has 0 aliphatic heterocycles. The van der Waals surface area contributed by atoms with Gasteiger partial charge in [-0.3, -0.25) is 0 Å². The molecule has 0 saturated heterocycles. The predicted octanol–water partition coefficient (Wildman–Crippen LogP) is 2.30. The first kappa shape index (κ1) is 10.6. The molecule has 0 spiro atoms. The van der Waals surface area contributed by atoms with E-state index < -0.39 is 0 Å². The van der Waals surface area contributed by atoms with Gasteiger partial charge in [0.25, 0.3) is 0 Å². The highest BCUT2D eigenvalue weighted by Gasteiger charge is 2.11. The van der Waals surface area contributed by atoms with Crippen LogP contribution < -0.4 is 0 Å². The zero-order valence-corrected chi connectivity index (χ0v) is 8.57. The number of esters is 1. The number of phenolic OH excluding ortho intramolecular Hbond substituents is 1. The molecule has 0 aromatic heterocycles. The molecule has 0 aliphatic carbocycles. The summed E-state index contributed by atoms with van der Waals surface area (Å²) < 4.78 is 4.59. The molecule has 76 valence electrons. The number of methoxy groups -OCH3 is 1. The molecular formula is C11H14O3. The van der Waals surface area contributed by atoms with Gasteiger partial charge in [0.1, 0.15) is 5.75 Å². The van der Waals surface area contributed by atoms with Crippen LogP contribution in [0.15, 0.2) is 18.2 Å². The van der Waals surface area contributed by atoms with Gasteiger partial charge < -0.3 is 9.84 Å². The van der Waals surface area contributed by atoms with Crippen LogP contribution in [0.4, 0.5) is 0 Å². The van der Waals surface area contributed by atoms with Crippen LogP contribution in [0.5, 0.6) is 5.75 Å². The molecule has 0 atom stereocenters. The maximum absolute atomic E-state index is 11.2. The van der Waals surface area contributed by atoms with E-state index in [9.17, 15) is 9.90 Å². The Labute approximate surface area is 83.3 Å². The Hall–Kier alpha value is -1.51. The Kier molecular flexibility index (Phi) is 3.12. The molecule has 0 unspecified atom stereocenters. The van der Waals surface area contributed by atoms with Gasteiger partial charge in [0.15, 0.2) is 0 Å². The molecule has 0 bridgehead atoms. The number of ether oxygens (including phenoxy) is 1. The average Bonchev–Trinajstić information content (AvgIpc) is 2.17. The van der Waals surface area contributed by atoms with Crippen molar-refractivity contribution in [3.05, 3.63) is 29.3 Å². The van der Waals surface area contributed by atoms with Gasteiger partial charge in [-0.2, -0.15) is 0 Å². The van der Waals surface area contributed by atoms with Crippen LogP contribution >= 0.6 is 0 Å². The number of phenols is 1. The van der Waals surface area contributed by atoms with Crippen LogP contribution in [0.25, 0.3) is 0 Å². The SMILES string of the molecule is COC(=O)c1ccc(O)c(C(C)C)c1. The average molecular weight is 194 g/mol. The summed E-state index contributed by atoms with van der Waals surface area (Å²) in [5, 5.41) is 9.51. The van der Waals surface area contributed by atoms with Gasteiger partial charge in [-0.25, -0.2) is 4.79 Å². The fraction of sp³-hybridized carbons (Fsp3) is 0.364. The molecule has 1 aromatic rings. The van der Waals surface area contributed by atoms with Crippen molar-refractivity contribution in [2.45, 2.75) is 19.8 Å². The highest BCUT2D eigenvalue weighted by atomic mass is 16.5. The molecule has 0 aliphatic rings. The van der Waals surface area contributed by atoms with E-state index >= 15 is 0 Å². The first-order chi connectivity index (χ1) is 6.56. The van der Waals surface area contributed by atoms with Gasteiger partial charge in [-0.1, -0.05) is 13.8 Å². The maximum Gasteiger partial charge on any atom is 0.337 e. The lowest BCUT2D eigenvalue weighted by molar-refractivity contribution is 0.0600. The normalized spacial score (nSPS) is 10.3. The third kappa shape index (κ3) is 2.05. The Bertz CT molecular complexity index is 342. The van der Waals surface area contributed by atoms with Crippen molar-refractivity contribution in [1.29, 1.82) is 0 Å². The monoisotopic (exact) mass is 194 g/mol. The molecule has 3 heteroatoms. The van der Waals surface area contributed by atoms with Gasteiger partial charge in [-0.05, 0) is 29.7 Å². The van der Waals surface area contributed by atoms with Crippen molar-refractivity contribution in [2.75, 3.05) is 7.11 Å². The predicted molar refractivity (Wildman–Crippen MR) is 53.5 cm³/mol. The zero-order valence-electron chi connectivity index (χ0n) is 8.57. The Morgan fingerprint density at radius 1 is 1.43 bits per heavy atom. The summed E-state index contributed by atoms with van der Waals surface area (Å²) in [5.74, 6) is 0.0131. The highest BCUT2D eigenvalue weighted by Crippen LogP contribution is 2.26. The Morgan fingerprint density at radius 3 is 2.57 bits per heavy atom. The van der Waals surface area contributed by atoms with E-state index in [0.717, 1.165) is 5.56 Å². The van der Waals surface area contributed by atoms with Crippen LogP contribution in [0.3, 0.4) is 0 Å². The van der Waals surface area contributed by atoms with E-state index in [-0.39, 0.29) is 17.6 Å². The molecule has 1 N–H and O–H groups in total. The van der Waals surface area contributed by atoms with Gasteiger partial charge in [0, 0.05) is 0 Å². The Balaban J connectivity index is 3.13. The van der Waals surface area contributed by atoms with Crippen LogP contribution in [0.1, 0.15) is 35.7 Å². The topological polar surface area (TPSA) is 46.5 Å². The number of carbonyl (C=O) groups is 1. The summed E-state index contributed by atoms with van der Waals surface area (Å²) in [5.41, 5.74) is 1.22. The second-order valence-electron chi connectivity index (χ2n) is 3.42. The van der Waals surface area contributed by atoms with Gasteiger partial charge >= 0.3 is 5.97 Å². The minimum Gasteiger partial charge on any atom is -0.508 e. The minimum atomic E-state index is -0.382. The lowest BCUT2D eigenvalue weighted by atomic mass is 10.00. The van der Waals surface area contributed by atoms with E-state index in [1.54, 1.807) is 12.1 Å². The summed E-state index contributed by atoms with van der Waals surface area (Å²) in [6.07, 6.45) is 0. The number of rotatable bonds is 2. The molecule has 3 nitrogen and oxygen atoms in total. The number of aromatic hydroxyl groups is 1. The van der Waals surface area contributed by atoms with Crippen LogP contribution in [0, 0.1) is 0 Å². The van der Waals surface area contributed by atoms with Crippen LogP contribution in [0.2, 0.25) is 0 Å². The molecule has 1 aromatic carbocycles. The minimum absolute atomic E-state index is 0.180. The quantitative estimate of drug-likeness (QED) is 0.735. The molecule has 0 radical (unpaired) electrons. The third-order valence-electron chi connectivity index (χ3n) is 2.07. The number of hydrogen-bond donors (Lipinski definition) is 1. The Morgan fingerprint density at radius 2 is 2.07 bits per heavy atom. The maximum atomic E-state index is 11.2. The second kappa shape index (κ2) is 4.13. The van der Waals surface area contributed by atoms with Crippen molar-refractivity contribution in [3.63, 3.8) is 0 Å². The van der Waals surface area contributed by atoms with Crippen molar-refractivity contribution in [3.8, 4) is 5.75 Å². The number of carbonyl (C=O) groups excluding carboxylic acids is 1. The van der Waals surface area contributed by atoms with E-state index in [1.165, 1.54) is 13.2 Å². The van der Waals surface area contributed by atoms with Crippen molar-refractivity contribution in [1.82, 2.24) is 0 Å². The zero-order chi connectivity index (χ0) is 10.7. The summed E-state index contributed by atoms with van der Waals surface area (Å²) in [4.78, 5) is 11.2. The summed E-state index contributed by atoms with van der Waals surface area (Å²) >= 11 is 0. The molecule has 1 rings (SSSR count). The van der Waals surface area contributed by atoms with Gasteiger partial charge in [0.2, 0.25) is 0 Å². The largest absolute Gasteiger partial charge is 0.508 e. The number of hydrogen-bond acceptors (Lipinski definition) is 3. The lowest BCUT2D eigenvalue weighted by Crippen LogP contribution is -2.02. The van der Waals surface area contributed by atoms with Gasteiger partial charge in [0.05, 0.1) is 12.7 Å². The molecular weight excluding hydrogens is 180 g/mol. The molecule has 0 fully saturated rings. The van der Waals surface area contributed by atoms with E-state index in [4.69, 9.17) is 0 Å². The fourth-order valence-electron chi connectivity index (χ4n) is 1.26. The number of benzene rings is 1. The van der Waals surface area contributed by atoms with E-state index in [1.807, 2.05) is 13.8 Å². The van der Waals surface area contributed by atoms with E-state index in [0.29, 0.717) is 5.56 Å². The standard InChI is InChI=1S/C11H14O3/c1-7(2)9-6-8(11(13)14-3)4-5-10(9)12/h4-7,12H,1-3H3. The van der Waals surface area contributed by atoms with Crippen molar-refractivity contribution >= 4 is 5.97 Å². The third-order valence-corrected chi connectivity index (χ3v) is 2.07. The molecule has 0 saturated carbocycles. The fourth-order valence-corrected chi connectivity index (χ4v) is 1.26. The van der Waals surface area contributed by atoms with Crippen LogP contribution in [-0.2, 0) is 4.74 Å². The second-order valence-corrected chi connectivity index (χ2v) is 3.42. The van der Waals surface area contributed by atoms with Crippen molar-refractivity contribution < 1.29 is 14.6 Å². The van der Waals surface area contributed by atoms with Crippen LogP contribution in [-0.4, -0.2) is 18.2 Å². The molecule has 0 heterocycles. The summed E-state index contributed by atoms with van der Waals surface area (Å²) in [6.45, 7) is 3.91.